The maximum absolute atomic E-state index is 12.2. The molecule has 0 saturated carbocycles. The minimum atomic E-state index is 0.237. The zero-order chi connectivity index (χ0) is 14.4. The highest BCUT2D eigenvalue weighted by molar-refractivity contribution is 5.76. The van der Waals surface area contributed by atoms with E-state index in [1.807, 2.05) is 35.5 Å². The van der Waals surface area contributed by atoms with Gasteiger partial charge in [-0.05, 0) is 25.0 Å². The molecule has 0 aromatic carbocycles. The van der Waals surface area contributed by atoms with Crippen LogP contribution in [0.1, 0.15) is 38.9 Å². The lowest BCUT2D eigenvalue weighted by Gasteiger charge is -2.21. The normalized spacial score (nSPS) is 10.9. The zero-order valence-corrected chi connectivity index (χ0v) is 12.4. The molecule has 0 saturated heterocycles. The van der Waals surface area contributed by atoms with Crippen LogP contribution < -0.4 is 0 Å². The number of rotatable bonds is 7. The number of hydrogen-bond donors (Lipinski definition) is 0. The first kappa shape index (κ1) is 14.6. The highest BCUT2D eigenvalue weighted by Gasteiger charge is 2.13. The van der Waals surface area contributed by atoms with Crippen molar-refractivity contribution in [2.75, 3.05) is 13.1 Å². The van der Waals surface area contributed by atoms with E-state index in [0.717, 1.165) is 37.3 Å². The Hall–Kier alpha value is -1.84. The van der Waals surface area contributed by atoms with Gasteiger partial charge in [0.05, 0.1) is 11.7 Å². The topological polar surface area (TPSA) is 37.6 Å². The summed E-state index contributed by atoms with van der Waals surface area (Å²) in [6, 6.07) is 6.01. The second-order valence-electron chi connectivity index (χ2n) is 5.05. The van der Waals surface area contributed by atoms with E-state index in [2.05, 4.69) is 23.2 Å². The monoisotopic (exact) mass is 273 g/mol. The molecule has 0 atom stereocenters. The third-order valence-corrected chi connectivity index (χ3v) is 3.42. The standard InChI is InChI=1S/C16H23N3O/c1-3-10-18(11-4-2)16(20)9-8-15-17-13-14-7-5-6-12-19(14)15/h5-7,12-13H,3-4,8-11H2,1-2H3. The fraction of sp³-hybridized carbons (Fsp3) is 0.500. The van der Waals surface area contributed by atoms with Gasteiger partial charge in [0.1, 0.15) is 5.82 Å². The van der Waals surface area contributed by atoms with Crippen LogP contribution in [0.25, 0.3) is 5.52 Å². The lowest BCUT2D eigenvalue weighted by molar-refractivity contribution is -0.131. The quantitative estimate of drug-likeness (QED) is 0.778. The molecule has 0 spiro atoms. The van der Waals surface area contributed by atoms with Crippen molar-refractivity contribution in [3.63, 3.8) is 0 Å². The highest BCUT2D eigenvalue weighted by Crippen LogP contribution is 2.09. The third kappa shape index (κ3) is 3.38. The molecule has 0 N–H and O–H groups in total. The summed E-state index contributed by atoms with van der Waals surface area (Å²) in [6.07, 6.45) is 7.11. The van der Waals surface area contributed by atoms with Crippen LogP contribution in [0.15, 0.2) is 30.6 Å². The van der Waals surface area contributed by atoms with Gasteiger partial charge < -0.3 is 9.30 Å². The molecular formula is C16H23N3O. The number of aromatic nitrogens is 2. The average molecular weight is 273 g/mol. The van der Waals surface area contributed by atoms with Gasteiger partial charge in [0, 0.05) is 32.1 Å². The molecule has 108 valence electrons. The number of aryl methyl sites for hydroxylation is 1. The van der Waals surface area contributed by atoms with Gasteiger partial charge in [-0.2, -0.15) is 0 Å². The summed E-state index contributed by atoms with van der Waals surface area (Å²) < 4.78 is 2.05. The second kappa shape index (κ2) is 7.08. The van der Waals surface area contributed by atoms with E-state index < -0.39 is 0 Å². The summed E-state index contributed by atoms with van der Waals surface area (Å²) in [4.78, 5) is 18.6. The number of carbonyl (C=O) groups excluding carboxylic acids is 1. The van der Waals surface area contributed by atoms with Crippen LogP contribution in [0.3, 0.4) is 0 Å². The van der Waals surface area contributed by atoms with E-state index in [1.165, 1.54) is 0 Å². The molecule has 2 aromatic heterocycles. The van der Waals surface area contributed by atoms with Gasteiger partial charge in [0.25, 0.3) is 0 Å². The van der Waals surface area contributed by atoms with Crippen molar-refractivity contribution in [1.82, 2.24) is 14.3 Å². The summed E-state index contributed by atoms with van der Waals surface area (Å²) in [5.41, 5.74) is 1.08. The minimum absolute atomic E-state index is 0.237. The van der Waals surface area contributed by atoms with E-state index in [-0.39, 0.29) is 5.91 Å². The van der Waals surface area contributed by atoms with Gasteiger partial charge in [-0.25, -0.2) is 4.98 Å². The Balaban J connectivity index is 1.98. The molecule has 0 aliphatic carbocycles. The molecular weight excluding hydrogens is 250 g/mol. The number of carbonyl (C=O) groups is 1. The number of hydrogen-bond acceptors (Lipinski definition) is 2. The Morgan fingerprint density at radius 1 is 1.25 bits per heavy atom. The van der Waals surface area contributed by atoms with Gasteiger partial charge in [0.2, 0.25) is 5.91 Å². The Bertz CT molecular complexity index is 556. The van der Waals surface area contributed by atoms with Gasteiger partial charge in [0.15, 0.2) is 0 Å². The molecule has 0 aliphatic heterocycles. The van der Waals surface area contributed by atoms with Crippen LogP contribution in [-0.2, 0) is 11.2 Å². The van der Waals surface area contributed by atoms with E-state index >= 15 is 0 Å². The largest absolute Gasteiger partial charge is 0.343 e. The Morgan fingerprint density at radius 3 is 2.70 bits per heavy atom. The van der Waals surface area contributed by atoms with E-state index in [9.17, 15) is 4.79 Å². The van der Waals surface area contributed by atoms with Crippen molar-refractivity contribution < 1.29 is 4.79 Å². The van der Waals surface area contributed by atoms with Crippen molar-refractivity contribution in [1.29, 1.82) is 0 Å². The van der Waals surface area contributed by atoms with E-state index in [1.54, 1.807) is 0 Å². The molecule has 0 unspecified atom stereocenters. The smallest absolute Gasteiger partial charge is 0.223 e. The van der Waals surface area contributed by atoms with Crippen molar-refractivity contribution >= 4 is 11.4 Å². The first-order chi connectivity index (χ1) is 9.76. The molecule has 4 nitrogen and oxygen atoms in total. The summed E-state index contributed by atoms with van der Waals surface area (Å²) in [5.74, 6) is 1.20. The fourth-order valence-electron chi connectivity index (χ4n) is 2.46. The maximum atomic E-state index is 12.2. The van der Waals surface area contributed by atoms with Gasteiger partial charge in [-0.3, -0.25) is 4.79 Å². The molecule has 2 rings (SSSR count). The van der Waals surface area contributed by atoms with E-state index in [0.29, 0.717) is 12.8 Å². The maximum Gasteiger partial charge on any atom is 0.223 e. The number of imidazole rings is 1. The minimum Gasteiger partial charge on any atom is -0.343 e. The molecule has 2 aromatic rings. The second-order valence-corrected chi connectivity index (χ2v) is 5.05. The zero-order valence-electron chi connectivity index (χ0n) is 12.4. The molecule has 0 fully saturated rings. The molecule has 4 heteroatoms. The number of nitrogens with zero attached hydrogens (tertiary/aromatic N) is 3. The molecule has 1 amide bonds. The third-order valence-electron chi connectivity index (χ3n) is 3.42. The Morgan fingerprint density at radius 2 is 2.00 bits per heavy atom. The lowest BCUT2D eigenvalue weighted by Crippen LogP contribution is -2.32. The van der Waals surface area contributed by atoms with Crippen LogP contribution >= 0.6 is 0 Å². The van der Waals surface area contributed by atoms with Crippen molar-refractivity contribution in [3.8, 4) is 0 Å². The van der Waals surface area contributed by atoms with Crippen LogP contribution in [0.4, 0.5) is 0 Å². The predicted molar refractivity (Wildman–Crippen MR) is 80.7 cm³/mol. The fourth-order valence-corrected chi connectivity index (χ4v) is 2.46. The summed E-state index contributed by atoms with van der Waals surface area (Å²) in [6.45, 7) is 5.93. The SMILES string of the molecule is CCCN(CCC)C(=O)CCc1ncc2ccccn12. The van der Waals surface area contributed by atoms with Crippen molar-refractivity contribution in [3.05, 3.63) is 36.4 Å². The summed E-state index contributed by atoms with van der Waals surface area (Å²) in [7, 11) is 0. The number of fused-ring (bicyclic) bond motifs is 1. The summed E-state index contributed by atoms with van der Waals surface area (Å²) in [5, 5.41) is 0. The van der Waals surface area contributed by atoms with Crippen molar-refractivity contribution in [2.45, 2.75) is 39.5 Å². The number of pyridine rings is 1. The predicted octanol–water partition coefficient (Wildman–Crippen LogP) is 2.92. The molecule has 0 aliphatic rings. The Labute approximate surface area is 120 Å². The average Bonchev–Trinajstić information content (AvgIpc) is 2.88. The lowest BCUT2D eigenvalue weighted by atomic mass is 10.2. The van der Waals surface area contributed by atoms with E-state index in [4.69, 9.17) is 0 Å². The Kier molecular flexibility index (Phi) is 5.16. The van der Waals surface area contributed by atoms with Gasteiger partial charge in [-0.1, -0.05) is 19.9 Å². The number of amides is 1. The molecule has 0 bridgehead atoms. The van der Waals surface area contributed by atoms with Crippen LogP contribution in [-0.4, -0.2) is 33.3 Å². The van der Waals surface area contributed by atoms with Crippen LogP contribution in [0, 0.1) is 0 Å². The first-order valence-corrected chi connectivity index (χ1v) is 7.45. The highest BCUT2D eigenvalue weighted by atomic mass is 16.2. The molecule has 2 heterocycles. The van der Waals surface area contributed by atoms with Gasteiger partial charge >= 0.3 is 0 Å². The molecule has 0 radical (unpaired) electrons. The van der Waals surface area contributed by atoms with Crippen molar-refractivity contribution in [2.24, 2.45) is 0 Å². The van der Waals surface area contributed by atoms with Gasteiger partial charge in [-0.15, -0.1) is 0 Å². The van der Waals surface area contributed by atoms with Crippen LogP contribution in [0.2, 0.25) is 0 Å². The van der Waals surface area contributed by atoms with Crippen LogP contribution in [0.5, 0.6) is 0 Å². The summed E-state index contributed by atoms with van der Waals surface area (Å²) >= 11 is 0. The first-order valence-electron chi connectivity index (χ1n) is 7.45. The molecule has 20 heavy (non-hydrogen) atoms.